The highest BCUT2D eigenvalue weighted by Crippen LogP contribution is 2.25. The maximum absolute atomic E-state index is 5.35. The summed E-state index contributed by atoms with van der Waals surface area (Å²) in [5.41, 5.74) is 0. The highest BCUT2D eigenvalue weighted by atomic mass is 15.1. The first-order valence-corrected chi connectivity index (χ1v) is 7.21. The standard InChI is InChI=1S/C15H26N2/c1-3-10-17-11-8-14(9-12-17)16-15-7-5-4-6-13(15)2/h1,13-16H,4-12H2,2H3. The van der Waals surface area contributed by atoms with Gasteiger partial charge in [0.1, 0.15) is 0 Å². The Hall–Kier alpha value is -0.520. The van der Waals surface area contributed by atoms with Crippen LogP contribution in [0.2, 0.25) is 0 Å². The van der Waals surface area contributed by atoms with Crippen LogP contribution in [0.25, 0.3) is 0 Å². The zero-order chi connectivity index (χ0) is 12.1. The Morgan fingerprint density at radius 1 is 1.18 bits per heavy atom. The van der Waals surface area contributed by atoms with Gasteiger partial charge in [-0.05, 0) is 31.6 Å². The summed E-state index contributed by atoms with van der Waals surface area (Å²) in [7, 11) is 0. The molecule has 2 atom stereocenters. The minimum atomic E-state index is 0.731. The molecule has 1 saturated heterocycles. The first kappa shape index (κ1) is 12.9. The van der Waals surface area contributed by atoms with E-state index in [9.17, 15) is 0 Å². The minimum Gasteiger partial charge on any atom is -0.311 e. The van der Waals surface area contributed by atoms with Crippen LogP contribution in [0.15, 0.2) is 0 Å². The number of piperidine rings is 1. The maximum Gasteiger partial charge on any atom is 0.0598 e. The predicted molar refractivity (Wildman–Crippen MR) is 72.9 cm³/mol. The molecule has 17 heavy (non-hydrogen) atoms. The summed E-state index contributed by atoms with van der Waals surface area (Å²) < 4.78 is 0. The molecular formula is C15H26N2. The van der Waals surface area contributed by atoms with Gasteiger partial charge < -0.3 is 5.32 Å². The molecule has 2 rings (SSSR count). The van der Waals surface area contributed by atoms with Crippen LogP contribution in [0.4, 0.5) is 0 Å². The van der Waals surface area contributed by atoms with Crippen molar-refractivity contribution in [1.29, 1.82) is 0 Å². The average molecular weight is 234 g/mol. The fourth-order valence-electron chi connectivity index (χ4n) is 3.25. The summed E-state index contributed by atoms with van der Waals surface area (Å²) in [6, 6.07) is 1.50. The van der Waals surface area contributed by atoms with E-state index >= 15 is 0 Å². The van der Waals surface area contributed by atoms with E-state index in [1.807, 2.05) is 0 Å². The molecule has 0 amide bonds. The molecule has 1 heterocycles. The number of hydrogen-bond donors (Lipinski definition) is 1. The second kappa shape index (κ2) is 6.42. The van der Waals surface area contributed by atoms with E-state index in [0.29, 0.717) is 0 Å². The van der Waals surface area contributed by atoms with Crippen molar-refractivity contribution in [3.63, 3.8) is 0 Å². The van der Waals surface area contributed by atoms with Gasteiger partial charge in [-0.3, -0.25) is 4.90 Å². The molecule has 0 aromatic heterocycles. The van der Waals surface area contributed by atoms with Crippen LogP contribution in [0.1, 0.15) is 45.4 Å². The molecular weight excluding hydrogens is 208 g/mol. The molecule has 0 aromatic carbocycles. The van der Waals surface area contributed by atoms with Crippen molar-refractivity contribution >= 4 is 0 Å². The van der Waals surface area contributed by atoms with Crippen molar-refractivity contribution in [2.24, 2.45) is 5.92 Å². The lowest BCUT2D eigenvalue weighted by molar-refractivity contribution is 0.183. The van der Waals surface area contributed by atoms with Crippen LogP contribution in [0, 0.1) is 18.3 Å². The summed E-state index contributed by atoms with van der Waals surface area (Å²) in [4.78, 5) is 2.39. The number of rotatable bonds is 3. The largest absolute Gasteiger partial charge is 0.311 e. The number of terminal acetylenes is 1. The zero-order valence-electron chi connectivity index (χ0n) is 11.1. The van der Waals surface area contributed by atoms with E-state index in [2.05, 4.69) is 23.1 Å². The van der Waals surface area contributed by atoms with Crippen molar-refractivity contribution in [2.75, 3.05) is 19.6 Å². The monoisotopic (exact) mass is 234 g/mol. The van der Waals surface area contributed by atoms with Gasteiger partial charge in [0.25, 0.3) is 0 Å². The van der Waals surface area contributed by atoms with Gasteiger partial charge in [-0.1, -0.05) is 25.7 Å². The molecule has 2 unspecified atom stereocenters. The lowest BCUT2D eigenvalue weighted by Crippen LogP contribution is -2.48. The van der Waals surface area contributed by atoms with Gasteiger partial charge in [0.15, 0.2) is 0 Å². The van der Waals surface area contributed by atoms with Gasteiger partial charge in [-0.25, -0.2) is 0 Å². The van der Waals surface area contributed by atoms with Crippen LogP contribution in [0.3, 0.4) is 0 Å². The zero-order valence-corrected chi connectivity index (χ0v) is 11.1. The van der Waals surface area contributed by atoms with Crippen LogP contribution < -0.4 is 5.32 Å². The number of hydrogen-bond acceptors (Lipinski definition) is 2. The number of nitrogens with zero attached hydrogens (tertiary/aromatic N) is 1. The fourth-order valence-corrected chi connectivity index (χ4v) is 3.25. The predicted octanol–water partition coefficient (Wildman–Crippen LogP) is 2.25. The smallest absolute Gasteiger partial charge is 0.0598 e. The molecule has 0 bridgehead atoms. The second-order valence-corrected chi connectivity index (χ2v) is 5.79. The third kappa shape index (κ3) is 3.72. The van der Waals surface area contributed by atoms with Gasteiger partial charge >= 0.3 is 0 Å². The van der Waals surface area contributed by atoms with Crippen LogP contribution in [-0.4, -0.2) is 36.6 Å². The van der Waals surface area contributed by atoms with E-state index in [0.717, 1.165) is 24.5 Å². The molecule has 1 saturated carbocycles. The molecule has 96 valence electrons. The van der Waals surface area contributed by atoms with E-state index < -0.39 is 0 Å². The highest BCUT2D eigenvalue weighted by Gasteiger charge is 2.25. The van der Waals surface area contributed by atoms with E-state index in [1.165, 1.54) is 51.6 Å². The summed E-state index contributed by atoms with van der Waals surface area (Å²) in [5, 5.41) is 3.89. The number of likely N-dealkylation sites (tertiary alicyclic amines) is 1. The molecule has 2 nitrogen and oxygen atoms in total. The normalized spacial score (nSPS) is 32.2. The molecule has 2 heteroatoms. The van der Waals surface area contributed by atoms with E-state index in [1.54, 1.807) is 0 Å². The molecule has 1 aliphatic heterocycles. The van der Waals surface area contributed by atoms with E-state index in [4.69, 9.17) is 6.42 Å². The number of nitrogens with one attached hydrogen (secondary N) is 1. The third-order valence-electron chi connectivity index (χ3n) is 4.46. The van der Waals surface area contributed by atoms with Gasteiger partial charge in [-0.2, -0.15) is 0 Å². The Kier molecular flexibility index (Phi) is 4.88. The lowest BCUT2D eigenvalue weighted by Gasteiger charge is -2.37. The van der Waals surface area contributed by atoms with E-state index in [-0.39, 0.29) is 0 Å². The summed E-state index contributed by atoms with van der Waals surface area (Å²) in [6.07, 6.45) is 13.5. The Bertz CT molecular complexity index is 261. The molecule has 2 fully saturated rings. The summed E-state index contributed by atoms with van der Waals surface area (Å²) in [5.74, 6) is 3.61. The average Bonchev–Trinajstić information content (AvgIpc) is 2.35. The Labute approximate surface area is 106 Å². The van der Waals surface area contributed by atoms with Crippen molar-refractivity contribution in [3.8, 4) is 12.3 Å². The minimum absolute atomic E-state index is 0.731. The van der Waals surface area contributed by atoms with Crippen molar-refractivity contribution < 1.29 is 0 Å². The first-order valence-electron chi connectivity index (χ1n) is 7.21. The van der Waals surface area contributed by atoms with Crippen molar-refractivity contribution in [2.45, 2.75) is 57.5 Å². The van der Waals surface area contributed by atoms with Crippen LogP contribution >= 0.6 is 0 Å². The summed E-state index contributed by atoms with van der Waals surface area (Å²) in [6.45, 7) is 5.57. The van der Waals surface area contributed by atoms with Crippen molar-refractivity contribution in [3.05, 3.63) is 0 Å². The van der Waals surface area contributed by atoms with Gasteiger partial charge in [0, 0.05) is 25.2 Å². The van der Waals surface area contributed by atoms with Gasteiger partial charge in [0.05, 0.1) is 6.54 Å². The van der Waals surface area contributed by atoms with Gasteiger partial charge in [0.2, 0.25) is 0 Å². The molecule has 0 radical (unpaired) electrons. The molecule has 2 aliphatic rings. The molecule has 1 aliphatic carbocycles. The van der Waals surface area contributed by atoms with Crippen LogP contribution in [-0.2, 0) is 0 Å². The molecule has 0 aromatic rings. The molecule has 1 N–H and O–H groups in total. The topological polar surface area (TPSA) is 15.3 Å². The Balaban J connectivity index is 1.72. The SMILES string of the molecule is C#CCN1CCC(NC2CCCCC2C)CC1. The molecule has 0 spiro atoms. The van der Waals surface area contributed by atoms with Crippen molar-refractivity contribution in [1.82, 2.24) is 10.2 Å². The van der Waals surface area contributed by atoms with Gasteiger partial charge in [-0.15, -0.1) is 6.42 Å². The lowest BCUT2D eigenvalue weighted by atomic mass is 9.85. The second-order valence-electron chi connectivity index (χ2n) is 5.79. The summed E-state index contributed by atoms with van der Waals surface area (Å²) >= 11 is 0. The highest BCUT2D eigenvalue weighted by molar-refractivity contribution is 4.91. The quantitative estimate of drug-likeness (QED) is 0.754. The Morgan fingerprint density at radius 2 is 1.88 bits per heavy atom. The van der Waals surface area contributed by atoms with Crippen LogP contribution in [0.5, 0.6) is 0 Å². The fraction of sp³-hybridized carbons (Fsp3) is 0.867. The first-order chi connectivity index (χ1) is 8.29. The third-order valence-corrected chi connectivity index (χ3v) is 4.46. The maximum atomic E-state index is 5.35. The Morgan fingerprint density at radius 3 is 2.53 bits per heavy atom.